The van der Waals surface area contributed by atoms with Crippen LogP contribution in [0.2, 0.25) is 5.02 Å². The predicted molar refractivity (Wildman–Crippen MR) is 142 cm³/mol. The van der Waals surface area contributed by atoms with Crippen molar-refractivity contribution in [3.63, 3.8) is 0 Å². The molecule has 0 aromatic heterocycles. The van der Waals surface area contributed by atoms with Crippen molar-refractivity contribution >= 4 is 46.9 Å². The molecule has 2 aliphatic heterocycles. The van der Waals surface area contributed by atoms with Gasteiger partial charge in [-0.25, -0.2) is 0 Å². The van der Waals surface area contributed by atoms with Gasteiger partial charge in [0.1, 0.15) is 5.60 Å². The number of rotatable bonds is 6. The molecular weight excluding hydrogens is 474 g/mol. The van der Waals surface area contributed by atoms with E-state index in [4.69, 9.17) is 11.6 Å². The second-order valence-electron chi connectivity index (χ2n) is 8.07. The summed E-state index contributed by atoms with van der Waals surface area (Å²) in [7, 11) is 0. The number of nitrogens with zero attached hydrogens (tertiary/aromatic N) is 1. The van der Waals surface area contributed by atoms with Gasteiger partial charge in [-0.3, -0.25) is 4.90 Å². The van der Waals surface area contributed by atoms with Crippen LogP contribution in [-0.4, -0.2) is 45.2 Å². The first-order valence-electron chi connectivity index (χ1n) is 11.3. The second-order valence-corrected chi connectivity index (χ2v) is 12.6. The van der Waals surface area contributed by atoms with Crippen molar-refractivity contribution in [2.24, 2.45) is 0 Å². The molecule has 1 saturated heterocycles. The summed E-state index contributed by atoms with van der Waals surface area (Å²) in [5.41, 5.74) is 0.815. The zero-order valence-electron chi connectivity index (χ0n) is 18.7. The third kappa shape index (κ3) is 4.60. The van der Waals surface area contributed by atoms with Crippen LogP contribution >= 0.6 is 46.9 Å². The highest BCUT2D eigenvalue weighted by atomic mass is 35.5. The van der Waals surface area contributed by atoms with Gasteiger partial charge >= 0.3 is 0 Å². The molecule has 1 atom stereocenters. The molecule has 0 bridgehead atoms. The van der Waals surface area contributed by atoms with E-state index in [1.165, 1.54) is 6.42 Å². The van der Waals surface area contributed by atoms with Gasteiger partial charge in [-0.05, 0) is 61.7 Å². The highest BCUT2D eigenvalue weighted by Crippen LogP contribution is 2.63. The topological polar surface area (TPSA) is 23.5 Å². The first kappa shape index (κ1) is 24.4. The van der Waals surface area contributed by atoms with E-state index in [0.717, 1.165) is 64.9 Å². The van der Waals surface area contributed by atoms with Crippen molar-refractivity contribution in [3.05, 3.63) is 58.6 Å². The lowest BCUT2D eigenvalue weighted by Gasteiger charge is -2.51. The molecule has 2 aromatic carbocycles. The van der Waals surface area contributed by atoms with E-state index in [-0.39, 0.29) is 0 Å². The Morgan fingerprint density at radius 3 is 2.47 bits per heavy atom. The number of hydrogen-bond acceptors (Lipinski definition) is 5. The summed E-state index contributed by atoms with van der Waals surface area (Å²) in [5.74, 6) is 8.87. The predicted octanol–water partition coefficient (Wildman–Crippen LogP) is 6.73. The van der Waals surface area contributed by atoms with Crippen LogP contribution in [0.15, 0.2) is 52.3 Å². The number of hydrogen-bond donors (Lipinski definition) is 1. The quantitative estimate of drug-likeness (QED) is 0.440. The number of halogens is 1. The van der Waals surface area contributed by atoms with Crippen LogP contribution in [0.1, 0.15) is 44.2 Å². The smallest absolute Gasteiger partial charge is 0.141 e. The molecule has 2 nitrogen and oxygen atoms in total. The van der Waals surface area contributed by atoms with E-state index in [1.807, 2.05) is 41.7 Å². The van der Waals surface area contributed by atoms with Crippen molar-refractivity contribution < 1.29 is 5.11 Å². The Hall–Kier alpha value is -0.740. The number of fused-ring (bicyclic) bond motifs is 2. The van der Waals surface area contributed by atoms with Crippen LogP contribution < -0.4 is 0 Å². The first-order chi connectivity index (χ1) is 15.5. The maximum atomic E-state index is 12.7. The Bertz CT molecular complexity index is 1010. The molecule has 170 valence electrons. The number of benzene rings is 2. The maximum Gasteiger partial charge on any atom is 0.141 e. The van der Waals surface area contributed by atoms with Crippen LogP contribution in [0.4, 0.5) is 0 Å². The van der Waals surface area contributed by atoms with Gasteiger partial charge in [0.2, 0.25) is 0 Å². The van der Waals surface area contributed by atoms with E-state index in [2.05, 4.69) is 54.9 Å². The minimum atomic E-state index is -1.12. The Labute approximate surface area is 210 Å². The van der Waals surface area contributed by atoms with Crippen molar-refractivity contribution in [2.75, 3.05) is 31.1 Å². The molecule has 0 spiro atoms. The third-order valence-corrected chi connectivity index (χ3v) is 11.3. The van der Waals surface area contributed by atoms with Gasteiger partial charge in [0.05, 0.1) is 10.6 Å². The van der Waals surface area contributed by atoms with E-state index < -0.39 is 9.68 Å². The normalized spacial score (nSPS) is 21.4. The minimum Gasteiger partial charge on any atom is -0.378 e. The lowest BCUT2D eigenvalue weighted by molar-refractivity contribution is 0.0579. The third-order valence-electron chi connectivity index (χ3n) is 6.24. The van der Waals surface area contributed by atoms with Crippen LogP contribution in [0.3, 0.4) is 0 Å². The largest absolute Gasteiger partial charge is 0.378 e. The molecule has 1 N–H and O–H groups in total. The molecule has 2 heterocycles. The maximum absolute atomic E-state index is 12.7. The standard InChI is InChI=1S/C26H30ClNOS3/c1-3-28(4-2)16-9-5-8-15-25(30-17-10-18-31-25)26(29)21-11-6-7-12-23(21)32-24-14-13-20(27)19-22(24)26/h6-7,11-14,19,29H,3-4,8,10,15-18H2,1-2H3. The Morgan fingerprint density at radius 1 is 1.00 bits per heavy atom. The highest BCUT2D eigenvalue weighted by Gasteiger charge is 2.57. The lowest BCUT2D eigenvalue weighted by Crippen LogP contribution is -2.51. The molecule has 1 unspecified atom stereocenters. The van der Waals surface area contributed by atoms with Crippen LogP contribution in [0.25, 0.3) is 0 Å². The zero-order valence-corrected chi connectivity index (χ0v) is 21.9. The lowest BCUT2D eigenvalue weighted by atomic mass is 9.80. The summed E-state index contributed by atoms with van der Waals surface area (Å²) in [6, 6.07) is 14.3. The Kier molecular flexibility index (Phi) is 8.14. The fourth-order valence-corrected chi connectivity index (χ4v) is 9.38. The van der Waals surface area contributed by atoms with Crippen LogP contribution in [0.5, 0.6) is 0 Å². The van der Waals surface area contributed by atoms with Gasteiger partial charge < -0.3 is 5.11 Å². The Morgan fingerprint density at radius 2 is 1.72 bits per heavy atom. The molecular formula is C26H30ClNOS3. The van der Waals surface area contributed by atoms with Crippen molar-refractivity contribution in [2.45, 2.75) is 52.6 Å². The first-order valence-corrected chi connectivity index (χ1v) is 14.5. The van der Waals surface area contributed by atoms with Gasteiger partial charge in [0.15, 0.2) is 0 Å². The summed E-state index contributed by atoms with van der Waals surface area (Å²) < 4.78 is -0.397. The fourth-order valence-electron chi connectivity index (χ4n) is 4.44. The van der Waals surface area contributed by atoms with Gasteiger partial charge in [-0.15, -0.1) is 29.4 Å². The summed E-state index contributed by atoms with van der Waals surface area (Å²) in [6.07, 6.45) is 2.77. The molecule has 2 aromatic rings. The molecule has 1 fully saturated rings. The summed E-state index contributed by atoms with van der Waals surface area (Å²) in [6.45, 7) is 7.19. The fraction of sp³-hybridized carbons (Fsp3) is 0.462. The highest BCUT2D eigenvalue weighted by molar-refractivity contribution is 8.18. The summed E-state index contributed by atoms with van der Waals surface area (Å²) in [4.78, 5) is 4.55. The average molecular weight is 504 g/mol. The summed E-state index contributed by atoms with van der Waals surface area (Å²) >= 11 is 12.0. The molecule has 6 heteroatoms. The molecule has 0 radical (unpaired) electrons. The number of thioether (sulfide) groups is 2. The zero-order chi connectivity index (χ0) is 22.6. The average Bonchev–Trinajstić information content (AvgIpc) is 2.82. The van der Waals surface area contributed by atoms with Gasteiger partial charge in [0.25, 0.3) is 0 Å². The number of aliphatic hydroxyl groups is 1. The summed E-state index contributed by atoms with van der Waals surface area (Å²) in [5, 5.41) is 13.4. The van der Waals surface area contributed by atoms with Crippen molar-refractivity contribution in [1.82, 2.24) is 4.90 Å². The molecule has 4 rings (SSSR count). The molecule has 0 aliphatic carbocycles. The van der Waals surface area contributed by atoms with E-state index in [0.29, 0.717) is 5.02 Å². The SMILES string of the molecule is CCN(CC)CC#CCCC1(C2(O)c3ccccc3Sc3ccc(Cl)cc32)SCCCS1. The van der Waals surface area contributed by atoms with E-state index in [1.54, 1.807) is 11.8 Å². The van der Waals surface area contributed by atoms with Crippen molar-refractivity contribution in [3.8, 4) is 11.8 Å². The van der Waals surface area contributed by atoms with Gasteiger partial charge in [-0.2, -0.15) is 0 Å². The molecule has 0 amide bonds. The van der Waals surface area contributed by atoms with Crippen LogP contribution in [0, 0.1) is 11.8 Å². The van der Waals surface area contributed by atoms with Crippen LogP contribution in [-0.2, 0) is 5.60 Å². The minimum absolute atomic E-state index is 0.397. The van der Waals surface area contributed by atoms with E-state index >= 15 is 0 Å². The van der Waals surface area contributed by atoms with Gasteiger partial charge in [0, 0.05) is 32.4 Å². The molecule has 2 aliphatic rings. The Balaban J connectivity index is 1.73. The van der Waals surface area contributed by atoms with E-state index in [9.17, 15) is 5.11 Å². The molecule has 0 saturated carbocycles. The van der Waals surface area contributed by atoms with Crippen molar-refractivity contribution in [1.29, 1.82) is 0 Å². The monoisotopic (exact) mass is 503 g/mol. The van der Waals surface area contributed by atoms with Gasteiger partial charge in [-0.1, -0.05) is 61.3 Å². The second kappa shape index (κ2) is 10.7. The molecule has 32 heavy (non-hydrogen) atoms.